The minimum absolute atomic E-state index is 0.159. The molecular formula is C10H10Cl2N2O. The molecule has 0 aliphatic heterocycles. The van der Waals surface area contributed by atoms with Crippen LogP contribution < -0.4 is 0 Å². The third kappa shape index (κ3) is 2.29. The number of hydrogen-bond donors (Lipinski definition) is 0. The van der Waals surface area contributed by atoms with Crippen LogP contribution in [0.25, 0.3) is 0 Å². The smallest absolute Gasteiger partial charge is 0.257 e. The highest BCUT2D eigenvalue weighted by atomic mass is 35.5. The molecule has 5 heteroatoms. The van der Waals surface area contributed by atoms with Crippen molar-refractivity contribution in [3.63, 3.8) is 0 Å². The molecule has 0 radical (unpaired) electrons. The normalized spacial score (nSPS) is 16.9. The first kappa shape index (κ1) is 10.8. The molecule has 1 aliphatic rings. The summed E-state index contributed by atoms with van der Waals surface area (Å²) in [7, 11) is 0. The minimum Gasteiger partial charge on any atom is -0.275 e. The zero-order valence-corrected chi connectivity index (χ0v) is 9.55. The maximum absolute atomic E-state index is 10.9. The van der Waals surface area contributed by atoms with Gasteiger partial charge >= 0.3 is 0 Å². The fourth-order valence-electron chi connectivity index (χ4n) is 1.89. The second-order valence-corrected chi connectivity index (χ2v) is 4.39. The van der Waals surface area contributed by atoms with Crippen LogP contribution in [-0.4, -0.2) is 15.2 Å². The molecule has 0 bridgehead atoms. The maximum atomic E-state index is 10.9. The maximum Gasteiger partial charge on any atom is 0.257 e. The standard InChI is InChI=1S/C10H10Cl2N2O/c11-8-7(9(12)15)5-13-10(14-8)6-3-1-2-4-6/h5-6H,1-4H2. The Kier molecular flexibility index (Phi) is 3.22. The van der Waals surface area contributed by atoms with Crippen LogP contribution in [0.4, 0.5) is 0 Å². The van der Waals surface area contributed by atoms with E-state index in [1.807, 2.05) is 0 Å². The van der Waals surface area contributed by atoms with Crippen molar-refractivity contribution >= 4 is 28.4 Å². The number of aromatic nitrogens is 2. The molecule has 0 spiro atoms. The summed E-state index contributed by atoms with van der Waals surface area (Å²) in [6.07, 6.45) is 6.04. The lowest BCUT2D eigenvalue weighted by molar-refractivity contribution is 0.108. The van der Waals surface area contributed by atoms with E-state index in [0.717, 1.165) is 18.7 Å². The van der Waals surface area contributed by atoms with Crippen LogP contribution in [0, 0.1) is 0 Å². The van der Waals surface area contributed by atoms with E-state index >= 15 is 0 Å². The number of rotatable bonds is 2. The van der Waals surface area contributed by atoms with E-state index in [1.165, 1.54) is 19.0 Å². The van der Waals surface area contributed by atoms with Crippen LogP contribution in [0.3, 0.4) is 0 Å². The van der Waals surface area contributed by atoms with Gasteiger partial charge < -0.3 is 0 Å². The van der Waals surface area contributed by atoms with Crippen LogP contribution in [0.1, 0.15) is 47.8 Å². The highest BCUT2D eigenvalue weighted by Crippen LogP contribution is 2.32. The first-order valence-corrected chi connectivity index (χ1v) is 5.66. The minimum atomic E-state index is -0.613. The van der Waals surface area contributed by atoms with Gasteiger partial charge in [-0.3, -0.25) is 4.79 Å². The SMILES string of the molecule is O=C(Cl)c1cnc(C2CCCC2)nc1Cl. The summed E-state index contributed by atoms with van der Waals surface area (Å²) in [6, 6.07) is 0. The molecule has 2 rings (SSSR count). The van der Waals surface area contributed by atoms with Crippen LogP contribution in [0.15, 0.2) is 6.20 Å². The van der Waals surface area contributed by atoms with E-state index in [-0.39, 0.29) is 10.7 Å². The first-order chi connectivity index (χ1) is 7.18. The zero-order chi connectivity index (χ0) is 10.8. The third-order valence-corrected chi connectivity index (χ3v) is 3.18. The Hall–Kier alpha value is -0.670. The van der Waals surface area contributed by atoms with Crippen LogP contribution >= 0.6 is 23.2 Å². The van der Waals surface area contributed by atoms with E-state index in [2.05, 4.69) is 9.97 Å². The molecule has 0 atom stereocenters. The molecule has 0 amide bonds. The Labute approximate surface area is 97.8 Å². The van der Waals surface area contributed by atoms with Crippen LogP contribution in [-0.2, 0) is 0 Å². The average molecular weight is 245 g/mol. The number of carbonyl (C=O) groups excluding carboxylic acids is 1. The van der Waals surface area contributed by atoms with Crippen molar-refractivity contribution in [1.29, 1.82) is 0 Å². The lowest BCUT2D eigenvalue weighted by Gasteiger charge is -2.07. The highest BCUT2D eigenvalue weighted by Gasteiger charge is 2.21. The Balaban J connectivity index is 2.28. The molecule has 3 nitrogen and oxygen atoms in total. The summed E-state index contributed by atoms with van der Waals surface area (Å²) in [6.45, 7) is 0. The molecule has 0 aromatic carbocycles. The lowest BCUT2D eigenvalue weighted by atomic mass is 10.1. The van der Waals surface area contributed by atoms with Crippen LogP contribution in [0.5, 0.6) is 0 Å². The molecule has 1 aromatic heterocycles. The van der Waals surface area contributed by atoms with Crippen molar-refractivity contribution in [1.82, 2.24) is 9.97 Å². The van der Waals surface area contributed by atoms with Crippen molar-refractivity contribution in [3.8, 4) is 0 Å². The van der Waals surface area contributed by atoms with E-state index < -0.39 is 5.24 Å². The Morgan fingerprint density at radius 2 is 2.07 bits per heavy atom. The van der Waals surface area contributed by atoms with E-state index in [4.69, 9.17) is 23.2 Å². The number of carbonyl (C=O) groups is 1. The van der Waals surface area contributed by atoms with Gasteiger partial charge in [0.1, 0.15) is 11.0 Å². The van der Waals surface area contributed by atoms with E-state index in [9.17, 15) is 4.79 Å². The molecule has 0 unspecified atom stereocenters. The summed E-state index contributed by atoms with van der Waals surface area (Å²) in [5, 5.41) is -0.454. The molecule has 1 saturated carbocycles. The molecule has 1 heterocycles. The summed E-state index contributed by atoms with van der Waals surface area (Å²) >= 11 is 11.2. The Morgan fingerprint density at radius 3 is 2.60 bits per heavy atom. The van der Waals surface area contributed by atoms with Crippen molar-refractivity contribution in [3.05, 3.63) is 22.7 Å². The van der Waals surface area contributed by atoms with Crippen molar-refractivity contribution in [2.75, 3.05) is 0 Å². The Bertz CT molecular complexity index is 389. The van der Waals surface area contributed by atoms with Crippen LogP contribution in [0.2, 0.25) is 5.15 Å². The number of halogens is 2. The Morgan fingerprint density at radius 1 is 1.40 bits per heavy atom. The fourth-order valence-corrected chi connectivity index (χ4v) is 2.29. The van der Waals surface area contributed by atoms with Gasteiger partial charge in [0.15, 0.2) is 0 Å². The predicted molar refractivity (Wildman–Crippen MR) is 58.4 cm³/mol. The second-order valence-electron chi connectivity index (χ2n) is 3.69. The topological polar surface area (TPSA) is 42.9 Å². The van der Waals surface area contributed by atoms with Crippen molar-refractivity contribution in [2.45, 2.75) is 31.6 Å². The van der Waals surface area contributed by atoms with Gasteiger partial charge in [0.05, 0.1) is 5.56 Å². The zero-order valence-electron chi connectivity index (χ0n) is 8.04. The van der Waals surface area contributed by atoms with Gasteiger partial charge in [-0.25, -0.2) is 9.97 Å². The van der Waals surface area contributed by atoms with Crippen molar-refractivity contribution < 1.29 is 4.79 Å². The fraction of sp³-hybridized carbons (Fsp3) is 0.500. The summed E-state index contributed by atoms with van der Waals surface area (Å²) in [5.74, 6) is 1.13. The molecule has 1 fully saturated rings. The molecule has 15 heavy (non-hydrogen) atoms. The second kappa shape index (κ2) is 4.45. The molecule has 0 N–H and O–H groups in total. The third-order valence-electron chi connectivity index (χ3n) is 2.69. The summed E-state index contributed by atoms with van der Waals surface area (Å²) < 4.78 is 0. The van der Waals surface area contributed by atoms with Gasteiger partial charge in [-0.05, 0) is 24.4 Å². The highest BCUT2D eigenvalue weighted by molar-refractivity contribution is 6.68. The quantitative estimate of drug-likeness (QED) is 0.593. The predicted octanol–water partition coefficient (Wildman–Crippen LogP) is 3.17. The molecular weight excluding hydrogens is 235 g/mol. The molecule has 1 aromatic rings. The van der Waals surface area contributed by atoms with Gasteiger partial charge in [0.25, 0.3) is 5.24 Å². The summed E-state index contributed by atoms with van der Waals surface area (Å²) in [4.78, 5) is 19.2. The first-order valence-electron chi connectivity index (χ1n) is 4.90. The van der Waals surface area contributed by atoms with Gasteiger partial charge in [-0.2, -0.15) is 0 Å². The molecule has 0 saturated heterocycles. The average Bonchev–Trinajstić information content (AvgIpc) is 2.69. The van der Waals surface area contributed by atoms with Gasteiger partial charge in [-0.1, -0.05) is 24.4 Å². The van der Waals surface area contributed by atoms with Gasteiger partial charge in [0, 0.05) is 12.1 Å². The largest absolute Gasteiger partial charge is 0.275 e. The monoisotopic (exact) mass is 244 g/mol. The number of hydrogen-bond acceptors (Lipinski definition) is 3. The molecule has 80 valence electrons. The van der Waals surface area contributed by atoms with Gasteiger partial charge in [0.2, 0.25) is 0 Å². The van der Waals surface area contributed by atoms with E-state index in [0.29, 0.717) is 5.92 Å². The number of nitrogens with zero attached hydrogens (tertiary/aromatic N) is 2. The van der Waals surface area contributed by atoms with Crippen molar-refractivity contribution in [2.24, 2.45) is 0 Å². The summed E-state index contributed by atoms with van der Waals surface area (Å²) in [5.41, 5.74) is 0.181. The lowest BCUT2D eigenvalue weighted by Crippen LogP contribution is -2.04. The molecule has 1 aliphatic carbocycles. The van der Waals surface area contributed by atoms with Gasteiger partial charge in [-0.15, -0.1) is 0 Å². The van der Waals surface area contributed by atoms with E-state index in [1.54, 1.807) is 0 Å².